The summed E-state index contributed by atoms with van der Waals surface area (Å²) in [6.45, 7) is 1.10. The Morgan fingerprint density at radius 1 is 1.36 bits per heavy atom. The molecule has 0 radical (unpaired) electrons. The molecule has 6 heteroatoms. The van der Waals surface area contributed by atoms with Crippen molar-refractivity contribution in [2.75, 3.05) is 18.6 Å². The minimum Gasteiger partial charge on any atom is -0.314 e. The average Bonchev–Trinajstić information content (AvgIpc) is 3.26. The lowest BCUT2D eigenvalue weighted by atomic mass is 9.93. The molecular formula is C19H27N3OS2. The van der Waals surface area contributed by atoms with Crippen LogP contribution in [0.3, 0.4) is 0 Å². The maximum Gasteiger partial charge on any atom is 0.262 e. The van der Waals surface area contributed by atoms with E-state index in [0.717, 1.165) is 48.9 Å². The zero-order chi connectivity index (χ0) is 17.2. The van der Waals surface area contributed by atoms with Gasteiger partial charge in [-0.1, -0.05) is 12.8 Å². The van der Waals surface area contributed by atoms with Gasteiger partial charge in [0.2, 0.25) is 0 Å². The van der Waals surface area contributed by atoms with E-state index in [-0.39, 0.29) is 5.56 Å². The molecule has 1 unspecified atom stereocenters. The lowest BCUT2D eigenvalue weighted by Crippen LogP contribution is -2.35. The van der Waals surface area contributed by atoms with Crippen molar-refractivity contribution in [3.05, 3.63) is 27.1 Å². The molecule has 0 bridgehead atoms. The monoisotopic (exact) mass is 377 g/mol. The zero-order valence-corrected chi connectivity index (χ0v) is 16.6. The normalized spacial score (nSPS) is 21.1. The first-order chi connectivity index (χ1) is 12.3. The van der Waals surface area contributed by atoms with Gasteiger partial charge in [0.1, 0.15) is 4.83 Å². The van der Waals surface area contributed by atoms with E-state index in [9.17, 15) is 4.79 Å². The van der Waals surface area contributed by atoms with Crippen LogP contribution < -0.4 is 10.9 Å². The Morgan fingerprint density at radius 2 is 2.20 bits per heavy atom. The standard InChI is InChI=1S/C19H27N3OS2/c1-24-10-4-9-20-13-7-8-15-16(11-13)25-18-17(15)19(23)22(12-21-18)14-5-2-3-6-14/h12-14,20H,2-11H2,1H3. The van der Waals surface area contributed by atoms with E-state index >= 15 is 0 Å². The zero-order valence-electron chi connectivity index (χ0n) is 14.9. The van der Waals surface area contributed by atoms with Crippen molar-refractivity contribution in [2.24, 2.45) is 0 Å². The highest BCUT2D eigenvalue weighted by molar-refractivity contribution is 7.98. The SMILES string of the molecule is CSCCCNC1CCc2c(sc3ncn(C4CCCC4)c(=O)c23)C1. The summed E-state index contributed by atoms with van der Waals surface area (Å²) < 4.78 is 1.93. The smallest absolute Gasteiger partial charge is 0.262 e. The summed E-state index contributed by atoms with van der Waals surface area (Å²) in [5, 5.41) is 4.63. The third-order valence-electron chi connectivity index (χ3n) is 5.67. The number of nitrogens with zero attached hydrogens (tertiary/aromatic N) is 2. The Hall–Kier alpha value is -0.850. The van der Waals surface area contributed by atoms with Crippen LogP contribution in [0.5, 0.6) is 0 Å². The minimum atomic E-state index is 0.209. The van der Waals surface area contributed by atoms with E-state index in [4.69, 9.17) is 0 Å². The first-order valence-electron chi connectivity index (χ1n) is 9.51. The van der Waals surface area contributed by atoms with Crippen LogP contribution in [0.1, 0.15) is 55.0 Å². The number of thioether (sulfide) groups is 1. The summed E-state index contributed by atoms with van der Waals surface area (Å²) in [6.07, 6.45) is 13.1. The van der Waals surface area contributed by atoms with Crippen LogP contribution in [-0.4, -0.2) is 34.1 Å². The van der Waals surface area contributed by atoms with Gasteiger partial charge in [-0.15, -0.1) is 11.3 Å². The van der Waals surface area contributed by atoms with E-state index in [2.05, 4.69) is 16.6 Å². The lowest BCUT2D eigenvalue weighted by molar-refractivity contribution is 0.464. The van der Waals surface area contributed by atoms with E-state index in [0.29, 0.717) is 12.1 Å². The van der Waals surface area contributed by atoms with Crippen molar-refractivity contribution in [2.45, 2.75) is 63.5 Å². The molecule has 2 aromatic heterocycles. The predicted molar refractivity (Wildman–Crippen MR) is 108 cm³/mol. The Balaban J connectivity index is 1.56. The maximum atomic E-state index is 13.1. The van der Waals surface area contributed by atoms with Crippen molar-refractivity contribution >= 4 is 33.3 Å². The van der Waals surface area contributed by atoms with Gasteiger partial charge in [-0.2, -0.15) is 11.8 Å². The van der Waals surface area contributed by atoms with Gasteiger partial charge in [0, 0.05) is 17.0 Å². The highest BCUT2D eigenvalue weighted by Gasteiger charge is 2.26. The second kappa shape index (κ2) is 7.80. The molecule has 0 aromatic carbocycles. The van der Waals surface area contributed by atoms with Crippen LogP contribution >= 0.6 is 23.1 Å². The fourth-order valence-corrected chi connectivity index (χ4v) is 6.01. The van der Waals surface area contributed by atoms with Crippen molar-refractivity contribution in [3.63, 3.8) is 0 Å². The molecule has 1 atom stereocenters. The number of aryl methyl sites for hydroxylation is 1. The number of fused-ring (bicyclic) bond motifs is 3. The Labute approximate surface area is 157 Å². The molecule has 4 nitrogen and oxygen atoms in total. The number of rotatable bonds is 6. The van der Waals surface area contributed by atoms with Gasteiger partial charge in [0.15, 0.2) is 0 Å². The summed E-state index contributed by atoms with van der Waals surface area (Å²) in [5.74, 6) is 1.22. The van der Waals surface area contributed by atoms with Gasteiger partial charge < -0.3 is 5.32 Å². The number of hydrogen-bond acceptors (Lipinski definition) is 5. The summed E-state index contributed by atoms with van der Waals surface area (Å²) in [5.41, 5.74) is 1.51. The van der Waals surface area contributed by atoms with Crippen LogP contribution in [-0.2, 0) is 12.8 Å². The summed E-state index contributed by atoms with van der Waals surface area (Å²) in [4.78, 5) is 20.1. The second-order valence-electron chi connectivity index (χ2n) is 7.32. The van der Waals surface area contributed by atoms with Crippen molar-refractivity contribution in [1.82, 2.24) is 14.9 Å². The fourth-order valence-electron chi connectivity index (χ4n) is 4.32. The predicted octanol–water partition coefficient (Wildman–Crippen LogP) is 3.77. The molecule has 1 N–H and O–H groups in total. The Bertz CT molecular complexity index is 792. The third kappa shape index (κ3) is 3.53. The Kier molecular flexibility index (Phi) is 5.48. The third-order valence-corrected chi connectivity index (χ3v) is 7.53. The maximum absolute atomic E-state index is 13.1. The fraction of sp³-hybridized carbons (Fsp3) is 0.684. The Morgan fingerprint density at radius 3 is 3.00 bits per heavy atom. The average molecular weight is 378 g/mol. The van der Waals surface area contributed by atoms with Crippen LogP contribution in [0, 0.1) is 0 Å². The second-order valence-corrected chi connectivity index (χ2v) is 9.39. The number of hydrogen-bond donors (Lipinski definition) is 1. The van der Waals surface area contributed by atoms with Crippen molar-refractivity contribution < 1.29 is 0 Å². The van der Waals surface area contributed by atoms with Gasteiger partial charge in [0.25, 0.3) is 5.56 Å². The molecule has 2 aliphatic rings. The molecule has 25 heavy (non-hydrogen) atoms. The quantitative estimate of drug-likeness (QED) is 0.779. The van der Waals surface area contributed by atoms with Gasteiger partial charge in [-0.3, -0.25) is 9.36 Å². The van der Waals surface area contributed by atoms with Gasteiger partial charge >= 0.3 is 0 Å². The van der Waals surface area contributed by atoms with E-state index < -0.39 is 0 Å². The molecule has 0 saturated heterocycles. The number of thiophene rings is 1. The largest absolute Gasteiger partial charge is 0.314 e. The number of aromatic nitrogens is 2. The molecule has 2 aliphatic carbocycles. The van der Waals surface area contributed by atoms with Crippen molar-refractivity contribution in [3.8, 4) is 0 Å². The van der Waals surface area contributed by atoms with Crippen molar-refractivity contribution in [1.29, 1.82) is 0 Å². The first kappa shape index (κ1) is 17.6. The van der Waals surface area contributed by atoms with Gasteiger partial charge in [0.05, 0.1) is 11.7 Å². The molecule has 0 amide bonds. The molecular weight excluding hydrogens is 350 g/mol. The molecule has 0 aliphatic heterocycles. The summed E-state index contributed by atoms with van der Waals surface area (Å²) in [7, 11) is 0. The van der Waals surface area contributed by atoms with Crippen LogP contribution in [0.15, 0.2) is 11.1 Å². The summed E-state index contributed by atoms with van der Waals surface area (Å²) >= 11 is 3.65. The highest BCUT2D eigenvalue weighted by Crippen LogP contribution is 2.35. The molecule has 0 spiro atoms. The minimum absolute atomic E-state index is 0.209. The number of nitrogens with one attached hydrogen (secondary N) is 1. The molecule has 4 rings (SSSR count). The van der Waals surface area contributed by atoms with E-state index in [1.54, 1.807) is 17.7 Å². The van der Waals surface area contributed by atoms with E-state index in [1.807, 2.05) is 16.3 Å². The lowest BCUT2D eigenvalue weighted by Gasteiger charge is -2.23. The van der Waals surface area contributed by atoms with Crippen LogP contribution in [0.4, 0.5) is 0 Å². The molecule has 1 saturated carbocycles. The van der Waals surface area contributed by atoms with Crippen LogP contribution in [0.25, 0.3) is 10.2 Å². The van der Waals surface area contributed by atoms with E-state index in [1.165, 1.54) is 35.5 Å². The van der Waals surface area contributed by atoms with Gasteiger partial charge in [-0.25, -0.2) is 4.98 Å². The highest BCUT2D eigenvalue weighted by atomic mass is 32.2. The molecule has 2 heterocycles. The molecule has 1 fully saturated rings. The summed E-state index contributed by atoms with van der Waals surface area (Å²) in [6, 6.07) is 0.925. The first-order valence-corrected chi connectivity index (χ1v) is 11.7. The topological polar surface area (TPSA) is 46.9 Å². The van der Waals surface area contributed by atoms with Crippen LogP contribution in [0.2, 0.25) is 0 Å². The molecule has 2 aromatic rings. The molecule has 136 valence electrons. The van der Waals surface area contributed by atoms with Gasteiger partial charge in [-0.05, 0) is 62.6 Å².